The van der Waals surface area contributed by atoms with Gasteiger partial charge in [0.05, 0.1) is 11.1 Å². The Morgan fingerprint density at radius 3 is 2.89 bits per heavy atom. The van der Waals surface area contributed by atoms with Crippen molar-refractivity contribution in [2.24, 2.45) is 0 Å². The lowest BCUT2D eigenvalue weighted by Crippen LogP contribution is -2.45. The minimum Gasteiger partial charge on any atom is -0.492 e. The summed E-state index contributed by atoms with van der Waals surface area (Å²) < 4.78 is 6.48. The summed E-state index contributed by atoms with van der Waals surface area (Å²) in [6.07, 6.45) is 4.13. The maximum atomic E-state index is 12.6. The van der Waals surface area contributed by atoms with Gasteiger partial charge in [0.25, 0.3) is 5.91 Å². The van der Waals surface area contributed by atoms with Crippen molar-refractivity contribution in [2.45, 2.75) is 32.6 Å². The highest BCUT2D eigenvalue weighted by atomic mass is 79.9. The lowest BCUT2D eigenvalue weighted by molar-refractivity contribution is 0.0977. The molecule has 142 valence electrons. The first kappa shape index (κ1) is 19.8. The predicted molar refractivity (Wildman–Crippen MR) is 117 cm³/mol. The fourth-order valence-electron chi connectivity index (χ4n) is 3.07. The van der Waals surface area contributed by atoms with Crippen LogP contribution in [0.4, 0.5) is 5.69 Å². The molecule has 0 bridgehead atoms. The molecule has 2 aromatic carbocycles. The number of carbonyl (C=O) groups is 1. The molecule has 1 heterocycles. The van der Waals surface area contributed by atoms with Crippen LogP contribution in [0.5, 0.6) is 5.75 Å². The van der Waals surface area contributed by atoms with E-state index in [1.165, 1.54) is 5.56 Å². The lowest BCUT2D eigenvalue weighted by atomic mass is 10.0. The number of benzene rings is 2. The Kier molecular flexibility index (Phi) is 6.85. The van der Waals surface area contributed by atoms with Crippen LogP contribution in [0.15, 0.2) is 46.9 Å². The number of nitrogens with one attached hydrogen (secondary N) is 1. The summed E-state index contributed by atoms with van der Waals surface area (Å²) in [5.41, 5.74) is 2.88. The molecule has 1 amide bonds. The number of unbranched alkanes of at least 4 members (excludes halogenated alkanes) is 1. The summed E-state index contributed by atoms with van der Waals surface area (Å²) in [5, 5.41) is 3.30. The number of hydrogen-bond acceptors (Lipinski definition) is 3. The lowest BCUT2D eigenvalue weighted by Gasteiger charge is -2.31. The summed E-state index contributed by atoms with van der Waals surface area (Å²) >= 11 is 9.00. The highest BCUT2D eigenvalue weighted by Gasteiger charge is 2.21. The standard InChI is InChI=1S/C21H23BrN2O2S/c1-2-3-13-26-19-11-10-16(14-17(19)22)20(25)23-21(27)24-12-6-8-15-7-4-5-9-18(15)24/h4-5,7,9-11,14H,2-3,6,8,12-13H2,1H3,(H,23,25,27). The second kappa shape index (κ2) is 9.33. The number of para-hydroxylation sites is 1. The number of anilines is 1. The van der Waals surface area contributed by atoms with E-state index in [-0.39, 0.29) is 5.91 Å². The van der Waals surface area contributed by atoms with Crippen LogP contribution >= 0.6 is 28.1 Å². The van der Waals surface area contributed by atoms with E-state index >= 15 is 0 Å². The van der Waals surface area contributed by atoms with Crippen molar-refractivity contribution in [3.63, 3.8) is 0 Å². The zero-order valence-corrected chi connectivity index (χ0v) is 17.7. The van der Waals surface area contributed by atoms with Gasteiger partial charge in [-0.25, -0.2) is 0 Å². The Morgan fingerprint density at radius 2 is 2.11 bits per heavy atom. The highest BCUT2D eigenvalue weighted by Crippen LogP contribution is 2.28. The van der Waals surface area contributed by atoms with E-state index < -0.39 is 0 Å². The Morgan fingerprint density at radius 1 is 1.30 bits per heavy atom. The van der Waals surface area contributed by atoms with Crippen molar-refractivity contribution in [2.75, 3.05) is 18.1 Å². The van der Waals surface area contributed by atoms with Gasteiger partial charge in [0.1, 0.15) is 5.75 Å². The topological polar surface area (TPSA) is 41.6 Å². The SMILES string of the molecule is CCCCOc1ccc(C(=O)NC(=S)N2CCCc3ccccc32)cc1Br. The van der Waals surface area contributed by atoms with Gasteiger partial charge in [-0.15, -0.1) is 0 Å². The number of fused-ring (bicyclic) bond motifs is 1. The van der Waals surface area contributed by atoms with Crippen LogP contribution < -0.4 is 15.0 Å². The minimum absolute atomic E-state index is 0.219. The average Bonchev–Trinajstić information content (AvgIpc) is 2.68. The van der Waals surface area contributed by atoms with Crippen molar-refractivity contribution >= 4 is 44.9 Å². The van der Waals surface area contributed by atoms with Crippen LogP contribution in [0.25, 0.3) is 0 Å². The second-order valence-electron chi connectivity index (χ2n) is 6.49. The number of amides is 1. The number of nitrogens with zero attached hydrogens (tertiary/aromatic N) is 1. The zero-order valence-electron chi connectivity index (χ0n) is 15.3. The number of thiocarbonyl (C=S) groups is 1. The molecule has 1 N–H and O–H groups in total. The third kappa shape index (κ3) is 4.87. The number of aryl methyl sites for hydroxylation is 1. The molecule has 6 heteroatoms. The van der Waals surface area contributed by atoms with Crippen molar-refractivity contribution in [1.82, 2.24) is 5.32 Å². The molecule has 0 spiro atoms. The van der Waals surface area contributed by atoms with Crippen molar-refractivity contribution < 1.29 is 9.53 Å². The molecule has 0 saturated heterocycles. The van der Waals surface area contributed by atoms with Gasteiger partial charge in [-0.2, -0.15) is 0 Å². The summed E-state index contributed by atoms with van der Waals surface area (Å²) in [7, 11) is 0. The van der Waals surface area contributed by atoms with Crippen molar-refractivity contribution in [1.29, 1.82) is 0 Å². The minimum atomic E-state index is -0.219. The summed E-state index contributed by atoms with van der Waals surface area (Å²) in [6, 6.07) is 13.5. The van der Waals surface area contributed by atoms with Gasteiger partial charge < -0.3 is 9.64 Å². The molecule has 0 fully saturated rings. The zero-order chi connectivity index (χ0) is 19.2. The van der Waals surface area contributed by atoms with Crippen LogP contribution in [0, 0.1) is 0 Å². The van der Waals surface area contributed by atoms with E-state index in [9.17, 15) is 4.79 Å². The van der Waals surface area contributed by atoms with Crippen LogP contribution in [0.3, 0.4) is 0 Å². The number of rotatable bonds is 5. The molecule has 0 aliphatic carbocycles. The normalized spacial score (nSPS) is 13.0. The summed E-state index contributed by atoms with van der Waals surface area (Å²) in [4.78, 5) is 14.7. The van der Waals surface area contributed by atoms with Crippen molar-refractivity contribution in [3.8, 4) is 5.75 Å². The largest absolute Gasteiger partial charge is 0.492 e. The smallest absolute Gasteiger partial charge is 0.257 e. The Hall–Kier alpha value is -1.92. The molecule has 3 rings (SSSR count). The quantitative estimate of drug-likeness (QED) is 0.512. The summed E-state index contributed by atoms with van der Waals surface area (Å²) in [6.45, 7) is 3.60. The van der Waals surface area contributed by atoms with E-state index in [1.807, 2.05) is 29.2 Å². The van der Waals surface area contributed by atoms with E-state index in [0.717, 1.165) is 48.1 Å². The maximum absolute atomic E-state index is 12.6. The van der Waals surface area contributed by atoms with Gasteiger partial charge in [-0.1, -0.05) is 31.5 Å². The molecule has 1 aliphatic rings. The van der Waals surface area contributed by atoms with Gasteiger partial charge in [0.2, 0.25) is 0 Å². The fraction of sp³-hybridized carbons (Fsp3) is 0.333. The molecule has 4 nitrogen and oxygen atoms in total. The first-order chi connectivity index (χ1) is 13.1. The van der Waals surface area contributed by atoms with Crippen LogP contribution in [-0.4, -0.2) is 24.2 Å². The number of ether oxygens (including phenoxy) is 1. The third-order valence-electron chi connectivity index (χ3n) is 4.53. The monoisotopic (exact) mass is 446 g/mol. The maximum Gasteiger partial charge on any atom is 0.257 e. The van der Waals surface area contributed by atoms with Crippen molar-refractivity contribution in [3.05, 3.63) is 58.1 Å². The molecular weight excluding hydrogens is 424 g/mol. The van der Waals surface area contributed by atoms with Crippen LogP contribution in [0.1, 0.15) is 42.1 Å². The van der Waals surface area contributed by atoms with Crippen LogP contribution in [0.2, 0.25) is 0 Å². The van der Waals surface area contributed by atoms with Gasteiger partial charge in [-0.05, 0) is 77.2 Å². The van der Waals surface area contributed by atoms with Gasteiger partial charge in [0, 0.05) is 17.8 Å². The first-order valence-corrected chi connectivity index (χ1v) is 10.4. The van der Waals surface area contributed by atoms with Crippen LogP contribution in [-0.2, 0) is 6.42 Å². The molecule has 0 atom stereocenters. The highest BCUT2D eigenvalue weighted by molar-refractivity contribution is 9.10. The van der Waals surface area contributed by atoms with Gasteiger partial charge in [-0.3, -0.25) is 10.1 Å². The third-order valence-corrected chi connectivity index (χ3v) is 5.47. The fourth-order valence-corrected chi connectivity index (χ4v) is 3.84. The van der Waals surface area contributed by atoms with Gasteiger partial charge in [0.15, 0.2) is 5.11 Å². The number of carbonyl (C=O) groups excluding carboxylic acids is 1. The molecule has 0 unspecified atom stereocenters. The predicted octanol–water partition coefficient (Wildman–Crippen LogP) is 5.10. The number of halogens is 1. The van der Waals surface area contributed by atoms with E-state index in [0.29, 0.717) is 17.3 Å². The molecule has 0 radical (unpaired) electrons. The molecule has 2 aromatic rings. The van der Waals surface area contributed by atoms with E-state index in [1.54, 1.807) is 12.1 Å². The summed E-state index contributed by atoms with van der Waals surface area (Å²) in [5.74, 6) is 0.524. The van der Waals surface area contributed by atoms with Gasteiger partial charge >= 0.3 is 0 Å². The van der Waals surface area contributed by atoms with E-state index in [2.05, 4.69) is 34.2 Å². The molecule has 0 saturated carbocycles. The second-order valence-corrected chi connectivity index (χ2v) is 7.73. The first-order valence-electron chi connectivity index (χ1n) is 9.23. The Bertz CT molecular complexity index is 841. The molecule has 1 aliphatic heterocycles. The van der Waals surface area contributed by atoms with E-state index in [4.69, 9.17) is 17.0 Å². The molecular formula is C21H23BrN2O2S. The molecule has 0 aromatic heterocycles. The average molecular weight is 447 g/mol. The Balaban J connectivity index is 1.67. The number of hydrogen-bond donors (Lipinski definition) is 1. The Labute approximate surface area is 174 Å². The molecule has 27 heavy (non-hydrogen) atoms.